The van der Waals surface area contributed by atoms with E-state index in [-0.39, 0.29) is 29.4 Å². The summed E-state index contributed by atoms with van der Waals surface area (Å²) < 4.78 is 0. The van der Waals surface area contributed by atoms with Crippen molar-refractivity contribution in [3.8, 4) is 0 Å². The average molecular weight is 508 g/mol. The lowest BCUT2D eigenvalue weighted by molar-refractivity contribution is 0.203. The van der Waals surface area contributed by atoms with E-state index >= 15 is 0 Å². The van der Waals surface area contributed by atoms with Crippen LogP contribution >= 0.6 is 35.3 Å². The first-order valence-electron chi connectivity index (χ1n) is 10.1. The molecule has 0 aliphatic carbocycles. The van der Waals surface area contributed by atoms with Crippen molar-refractivity contribution >= 4 is 41.3 Å². The zero-order valence-electron chi connectivity index (χ0n) is 17.7. The lowest BCUT2D eigenvalue weighted by Crippen LogP contribution is -2.48. The van der Waals surface area contributed by atoms with Crippen molar-refractivity contribution in [3.63, 3.8) is 0 Å². The fourth-order valence-corrected chi connectivity index (χ4v) is 4.01. The third-order valence-corrected chi connectivity index (χ3v) is 5.63. The molecule has 1 aromatic rings. The van der Waals surface area contributed by atoms with Crippen LogP contribution < -0.4 is 10.6 Å². The monoisotopic (exact) mass is 507 g/mol. The SMILES string of the molecule is CCCCN1CCC(NC(=NCc2nc(C(C)(C)C)cs2)NCC)CC1.I. The van der Waals surface area contributed by atoms with Crippen molar-refractivity contribution in [2.75, 3.05) is 26.2 Å². The predicted octanol–water partition coefficient (Wildman–Crippen LogP) is 4.38. The quantitative estimate of drug-likeness (QED) is 0.327. The molecule has 1 aliphatic heterocycles. The number of likely N-dealkylation sites (tertiary alicyclic amines) is 1. The Morgan fingerprint density at radius 2 is 2.00 bits per heavy atom. The number of nitrogens with one attached hydrogen (secondary N) is 2. The van der Waals surface area contributed by atoms with Gasteiger partial charge in [-0.3, -0.25) is 0 Å². The van der Waals surface area contributed by atoms with Crippen LogP contribution in [0, 0.1) is 0 Å². The standard InChI is InChI=1S/C20H37N5S.HI/c1-6-8-11-25-12-9-16(10-13-25)23-19(21-7-2)22-14-18-24-17(15-26-18)20(3,4)5;/h15-16H,6-14H2,1-5H3,(H2,21,22,23);1H. The maximum atomic E-state index is 4.77. The van der Waals surface area contributed by atoms with Crippen LogP contribution in [0.3, 0.4) is 0 Å². The Bertz CT molecular complexity index is 559. The molecule has 1 fully saturated rings. The fraction of sp³-hybridized carbons (Fsp3) is 0.800. The van der Waals surface area contributed by atoms with Crippen molar-refractivity contribution < 1.29 is 0 Å². The molecule has 1 saturated heterocycles. The van der Waals surface area contributed by atoms with Crippen LogP contribution in [0.4, 0.5) is 0 Å². The van der Waals surface area contributed by atoms with Gasteiger partial charge in [-0.25, -0.2) is 9.98 Å². The lowest BCUT2D eigenvalue weighted by Gasteiger charge is -2.33. The number of halogens is 1. The van der Waals surface area contributed by atoms with Crippen LogP contribution in [0.25, 0.3) is 0 Å². The van der Waals surface area contributed by atoms with Crippen LogP contribution in [0.2, 0.25) is 0 Å². The number of aromatic nitrogens is 1. The summed E-state index contributed by atoms with van der Waals surface area (Å²) in [7, 11) is 0. The first-order chi connectivity index (χ1) is 12.4. The molecule has 156 valence electrons. The summed E-state index contributed by atoms with van der Waals surface area (Å²) in [6.45, 7) is 16.1. The maximum absolute atomic E-state index is 4.77. The van der Waals surface area contributed by atoms with Crippen LogP contribution in [0.5, 0.6) is 0 Å². The molecule has 1 aliphatic rings. The van der Waals surface area contributed by atoms with E-state index in [1.165, 1.54) is 45.3 Å². The van der Waals surface area contributed by atoms with Crippen molar-refractivity contribution in [1.29, 1.82) is 0 Å². The lowest BCUT2D eigenvalue weighted by atomic mass is 9.93. The zero-order chi connectivity index (χ0) is 19.0. The predicted molar refractivity (Wildman–Crippen MR) is 129 cm³/mol. The Hall–Kier alpha value is -0.410. The number of rotatable bonds is 7. The van der Waals surface area contributed by atoms with Crippen molar-refractivity contribution in [1.82, 2.24) is 20.5 Å². The number of piperidine rings is 1. The first kappa shape index (κ1) is 24.6. The Balaban J connectivity index is 0.00000364. The molecule has 2 N–H and O–H groups in total. The molecular weight excluding hydrogens is 469 g/mol. The number of hydrogen-bond donors (Lipinski definition) is 2. The molecule has 0 atom stereocenters. The molecule has 0 saturated carbocycles. The van der Waals surface area contributed by atoms with Gasteiger partial charge >= 0.3 is 0 Å². The van der Waals surface area contributed by atoms with Gasteiger partial charge in [0.25, 0.3) is 0 Å². The molecule has 0 bridgehead atoms. The topological polar surface area (TPSA) is 52.5 Å². The molecule has 27 heavy (non-hydrogen) atoms. The molecule has 5 nitrogen and oxygen atoms in total. The number of nitrogens with zero attached hydrogens (tertiary/aromatic N) is 3. The second-order valence-corrected chi connectivity index (χ2v) is 9.13. The van der Waals surface area contributed by atoms with E-state index in [0.717, 1.165) is 23.2 Å². The van der Waals surface area contributed by atoms with Gasteiger partial charge in [0.15, 0.2) is 5.96 Å². The first-order valence-corrected chi connectivity index (χ1v) is 11.0. The number of guanidine groups is 1. The van der Waals surface area contributed by atoms with E-state index in [0.29, 0.717) is 12.6 Å². The Labute approximate surface area is 186 Å². The number of thiazole rings is 1. The largest absolute Gasteiger partial charge is 0.357 e. The van der Waals surface area contributed by atoms with Gasteiger partial charge < -0.3 is 15.5 Å². The van der Waals surface area contributed by atoms with E-state index in [4.69, 9.17) is 9.98 Å². The fourth-order valence-electron chi connectivity index (χ4n) is 3.07. The Morgan fingerprint density at radius 1 is 1.30 bits per heavy atom. The summed E-state index contributed by atoms with van der Waals surface area (Å²) in [5, 5.41) is 10.3. The zero-order valence-corrected chi connectivity index (χ0v) is 20.8. The van der Waals surface area contributed by atoms with E-state index in [2.05, 4.69) is 55.5 Å². The van der Waals surface area contributed by atoms with Crippen molar-refractivity contribution in [2.24, 2.45) is 4.99 Å². The highest BCUT2D eigenvalue weighted by molar-refractivity contribution is 14.0. The number of aliphatic imine (C=N–C) groups is 1. The summed E-state index contributed by atoms with van der Waals surface area (Å²) >= 11 is 1.71. The third kappa shape index (κ3) is 8.64. The van der Waals surface area contributed by atoms with E-state index in [1.54, 1.807) is 11.3 Å². The molecule has 0 spiro atoms. The Kier molecular flexibility index (Phi) is 11.1. The smallest absolute Gasteiger partial charge is 0.191 e. The molecular formula is C20H38IN5S. The van der Waals surface area contributed by atoms with Crippen LogP contribution in [-0.4, -0.2) is 48.1 Å². The molecule has 7 heteroatoms. The second kappa shape index (κ2) is 12.2. The molecule has 2 rings (SSSR count). The number of unbranched alkanes of at least 4 members (excludes halogenated alkanes) is 1. The number of hydrogen-bond acceptors (Lipinski definition) is 4. The van der Waals surface area contributed by atoms with Gasteiger partial charge in [-0.2, -0.15) is 0 Å². The minimum absolute atomic E-state index is 0. The van der Waals surface area contributed by atoms with Crippen LogP contribution in [-0.2, 0) is 12.0 Å². The summed E-state index contributed by atoms with van der Waals surface area (Å²) in [6, 6.07) is 0.520. The summed E-state index contributed by atoms with van der Waals surface area (Å²) in [5.41, 5.74) is 1.26. The molecule has 2 heterocycles. The van der Waals surface area contributed by atoms with Gasteiger partial charge in [0.2, 0.25) is 0 Å². The minimum atomic E-state index is 0. The molecule has 0 amide bonds. The van der Waals surface area contributed by atoms with Crippen molar-refractivity contribution in [2.45, 2.75) is 78.3 Å². The van der Waals surface area contributed by atoms with Crippen molar-refractivity contribution in [3.05, 3.63) is 16.1 Å². The maximum Gasteiger partial charge on any atom is 0.191 e. The molecule has 1 aromatic heterocycles. The van der Waals surface area contributed by atoms with Gasteiger partial charge in [-0.05, 0) is 32.7 Å². The van der Waals surface area contributed by atoms with E-state index in [1.807, 2.05) is 0 Å². The van der Waals surface area contributed by atoms with Gasteiger partial charge in [0.1, 0.15) is 5.01 Å². The minimum Gasteiger partial charge on any atom is -0.357 e. The van der Waals surface area contributed by atoms with Gasteiger partial charge in [-0.15, -0.1) is 35.3 Å². The molecule has 0 radical (unpaired) electrons. The van der Waals surface area contributed by atoms with E-state index in [9.17, 15) is 0 Å². The van der Waals surface area contributed by atoms with E-state index < -0.39 is 0 Å². The average Bonchev–Trinajstić information content (AvgIpc) is 3.09. The third-order valence-electron chi connectivity index (χ3n) is 4.79. The second-order valence-electron chi connectivity index (χ2n) is 8.19. The molecule has 0 unspecified atom stereocenters. The summed E-state index contributed by atoms with van der Waals surface area (Å²) in [6.07, 6.45) is 4.98. The van der Waals surface area contributed by atoms with Crippen LogP contribution in [0.15, 0.2) is 10.4 Å². The van der Waals surface area contributed by atoms with Gasteiger partial charge in [0, 0.05) is 36.5 Å². The normalized spacial score (nSPS) is 16.9. The van der Waals surface area contributed by atoms with Crippen LogP contribution in [0.1, 0.15) is 71.0 Å². The summed E-state index contributed by atoms with van der Waals surface area (Å²) in [4.78, 5) is 12.1. The highest BCUT2D eigenvalue weighted by atomic mass is 127. The Morgan fingerprint density at radius 3 is 2.56 bits per heavy atom. The van der Waals surface area contributed by atoms with Gasteiger partial charge in [-0.1, -0.05) is 34.1 Å². The highest BCUT2D eigenvalue weighted by Crippen LogP contribution is 2.24. The molecule has 0 aromatic carbocycles. The highest BCUT2D eigenvalue weighted by Gasteiger charge is 2.20. The van der Waals surface area contributed by atoms with Gasteiger partial charge in [0.05, 0.1) is 12.2 Å². The summed E-state index contributed by atoms with van der Waals surface area (Å²) in [5.74, 6) is 0.923.